The van der Waals surface area contributed by atoms with Gasteiger partial charge in [0, 0.05) is 18.1 Å². The third kappa shape index (κ3) is 4.65. The number of aryl methyl sites for hydroxylation is 1. The molecule has 0 saturated heterocycles. The molecule has 142 valence electrons. The number of hydrogen-bond donors (Lipinski definition) is 1. The lowest BCUT2D eigenvalue weighted by atomic mass is 10.2. The van der Waals surface area contributed by atoms with Gasteiger partial charge >= 0.3 is 5.97 Å². The van der Waals surface area contributed by atoms with Gasteiger partial charge in [0.05, 0.1) is 17.0 Å². The molecule has 0 saturated carbocycles. The molecule has 2 heterocycles. The SMILES string of the molecule is CCCS(=O)(=O)Nc1cccc(C(=O)OCc2cn3cccc(C)c3n2)c1. The van der Waals surface area contributed by atoms with Crippen molar-refractivity contribution in [1.82, 2.24) is 9.38 Å². The summed E-state index contributed by atoms with van der Waals surface area (Å²) < 4.78 is 33.4. The summed E-state index contributed by atoms with van der Waals surface area (Å²) in [5.74, 6) is -0.519. The average Bonchev–Trinajstić information content (AvgIpc) is 3.04. The summed E-state index contributed by atoms with van der Waals surface area (Å²) in [6.07, 6.45) is 4.20. The summed E-state index contributed by atoms with van der Waals surface area (Å²) in [5.41, 5.74) is 3.09. The number of sulfonamides is 1. The van der Waals surface area contributed by atoms with Crippen molar-refractivity contribution in [3.05, 3.63) is 65.6 Å². The molecule has 0 spiro atoms. The number of carbonyl (C=O) groups is 1. The van der Waals surface area contributed by atoms with Gasteiger partial charge in [0.15, 0.2) is 0 Å². The molecular formula is C19H21N3O4S. The Labute approximate surface area is 158 Å². The second-order valence-electron chi connectivity index (χ2n) is 6.23. The van der Waals surface area contributed by atoms with Crippen LogP contribution in [0, 0.1) is 6.92 Å². The Morgan fingerprint density at radius 1 is 1.26 bits per heavy atom. The van der Waals surface area contributed by atoms with Crippen LogP contribution in [0.4, 0.5) is 5.69 Å². The van der Waals surface area contributed by atoms with Crippen molar-refractivity contribution in [2.45, 2.75) is 26.9 Å². The van der Waals surface area contributed by atoms with E-state index in [2.05, 4.69) is 9.71 Å². The molecular weight excluding hydrogens is 366 g/mol. The molecule has 1 N–H and O–H groups in total. The van der Waals surface area contributed by atoms with E-state index in [0.717, 1.165) is 11.2 Å². The number of anilines is 1. The zero-order valence-electron chi connectivity index (χ0n) is 15.2. The number of rotatable bonds is 7. The highest BCUT2D eigenvalue weighted by Crippen LogP contribution is 2.15. The number of ether oxygens (including phenoxy) is 1. The second-order valence-corrected chi connectivity index (χ2v) is 8.07. The average molecular weight is 387 g/mol. The highest BCUT2D eigenvalue weighted by Gasteiger charge is 2.13. The predicted molar refractivity (Wildman–Crippen MR) is 103 cm³/mol. The third-order valence-electron chi connectivity index (χ3n) is 3.92. The molecule has 0 aliphatic heterocycles. The summed E-state index contributed by atoms with van der Waals surface area (Å²) in [6, 6.07) is 10.1. The second kappa shape index (κ2) is 7.79. The van der Waals surface area contributed by atoms with Gasteiger partial charge in [-0.1, -0.05) is 19.1 Å². The fourth-order valence-electron chi connectivity index (χ4n) is 2.71. The molecule has 0 bridgehead atoms. The quantitative estimate of drug-likeness (QED) is 0.629. The predicted octanol–water partition coefficient (Wildman–Crippen LogP) is 3.15. The van der Waals surface area contributed by atoms with E-state index in [9.17, 15) is 13.2 Å². The van der Waals surface area contributed by atoms with Crippen LogP contribution in [0.5, 0.6) is 0 Å². The van der Waals surface area contributed by atoms with E-state index in [1.165, 1.54) is 6.07 Å². The number of carbonyl (C=O) groups excluding carboxylic acids is 1. The van der Waals surface area contributed by atoms with Crippen molar-refractivity contribution in [2.75, 3.05) is 10.5 Å². The van der Waals surface area contributed by atoms with E-state index in [0.29, 0.717) is 17.8 Å². The number of imidazole rings is 1. The maximum atomic E-state index is 12.3. The molecule has 27 heavy (non-hydrogen) atoms. The van der Waals surface area contributed by atoms with Gasteiger partial charge in [0.1, 0.15) is 12.3 Å². The Kier molecular flexibility index (Phi) is 5.46. The van der Waals surface area contributed by atoms with Crippen molar-refractivity contribution < 1.29 is 17.9 Å². The minimum Gasteiger partial charge on any atom is -0.456 e. The van der Waals surface area contributed by atoms with Crippen LogP contribution in [-0.4, -0.2) is 29.5 Å². The van der Waals surface area contributed by atoms with Crippen LogP contribution >= 0.6 is 0 Å². The number of hydrogen-bond acceptors (Lipinski definition) is 5. The van der Waals surface area contributed by atoms with Crippen molar-refractivity contribution in [3.63, 3.8) is 0 Å². The molecule has 3 rings (SSSR count). The fourth-order valence-corrected chi connectivity index (χ4v) is 3.83. The van der Waals surface area contributed by atoms with E-state index < -0.39 is 16.0 Å². The summed E-state index contributed by atoms with van der Waals surface area (Å²) in [6.45, 7) is 3.78. The van der Waals surface area contributed by atoms with Crippen LogP contribution in [0.3, 0.4) is 0 Å². The Bertz CT molecular complexity index is 1070. The summed E-state index contributed by atoms with van der Waals surface area (Å²) in [7, 11) is -3.42. The summed E-state index contributed by atoms with van der Waals surface area (Å²) in [5, 5.41) is 0. The van der Waals surface area contributed by atoms with Crippen LogP contribution in [0.1, 0.15) is 35.0 Å². The Balaban J connectivity index is 1.68. The van der Waals surface area contributed by atoms with Gasteiger partial charge in [0.2, 0.25) is 10.0 Å². The number of nitrogens with one attached hydrogen (secondary N) is 1. The lowest BCUT2D eigenvalue weighted by Crippen LogP contribution is -2.16. The number of fused-ring (bicyclic) bond motifs is 1. The molecule has 0 aliphatic rings. The van der Waals surface area contributed by atoms with Gasteiger partial charge in [-0.05, 0) is 43.2 Å². The first kappa shape index (κ1) is 18.9. The van der Waals surface area contributed by atoms with Gasteiger partial charge in [-0.3, -0.25) is 4.72 Å². The Morgan fingerprint density at radius 2 is 2.07 bits per heavy atom. The number of pyridine rings is 1. The van der Waals surface area contributed by atoms with Crippen LogP contribution < -0.4 is 4.72 Å². The molecule has 0 aliphatic carbocycles. The van der Waals surface area contributed by atoms with Crippen LogP contribution in [0.15, 0.2) is 48.8 Å². The lowest BCUT2D eigenvalue weighted by molar-refractivity contribution is 0.0468. The largest absolute Gasteiger partial charge is 0.456 e. The molecule has 2 aromatic heterocycles. The first-order valence-corrected chi connectivity index (χ1v) is 10.2. The smallest absolute Gasteiger partial charge is 0.338 e. The highest BCUT2D eigenvalue weighted by molar-refractivity contribution is 7.92. The minimum absolute atomic E-state index is 0.0228. The van der Waals surface area contributed by atoms with E-state index in [1.807, 2.05) is 35.9 Å². The number of nitrogens with zero attached hydrogens (tertiary/aromatic N) is 2. The molecule has 0 radical (unpaired) electrons. The van der Waals surface area contributed by atoms with Crippen molar-refractivity contribution >= 4 is 27.3 Å². The standard InChI is InChI=1S/C19H21N3O4S/c1-3-10-27(24,25)21-16-8-4-7-15(11-16)19(23)26-13-17-12-22-9-5-6-14(2)18(22)20-17/h4-9,11-12,21H,3,10,13H2,1-2H3. The fraction of sp³-hybridized carbons (Fsp3) is 0.263. The molecule has 3 aromatic rings. The van der Waals surface area contributed by atoms with Crippen LogP contribution in [0.2, 0.25) is 0 Å². The van der Waals surface area contributed by atoms with Crippen LogP contribution in [-0.2, 0) is 21.4 Å². The zero-order chi connectivity index (χ0) is 19.4. The number of aromatic nitrogens is 2. The summed E-state index contributed by atoms with van der Waals surface area (Å²) >= 11 is 0. The van der Waals surface area contributed by atoms with Crippen molar-refractivity contribution in [3.8, 4) is 0 Å². The molecule has 7 nitrogen and oxygen atoms in total. The maximum Gasteiger partial charge on any atom is 0.338 e. The van der Waals surface area contributed by atoms with E-state index in [-0.39, 0.29) is 17.9 Å². The molecule has 0 amide bonds. The summed E-state index contributed by atoms with van der Waals surface area (Å²) in [4.78, 5) is 16.8. The molecule has 0 atom stereocenters. The van der Waals surface area contributed by atoms with Crippen LogP contribution in [0.25, 0.3) is 5.65 Å². The normalized spacial score (nSPS) is 11.5. The third-order valence-corrected chi connectivity index (χ3v) is 5.42. The van der Waals surface area contributed by atoms with Crippen molar-refractivity contribution in [1.29, 1.82) is 0 Å². The van der Waals surface area contributed by atoms with Gasteiger partial charge in [-0.25, -0.2) is 18.2 Å². The van der Waals surface area contributed by atoms with Gasteiger partial charge < -0.3 is 9.14 Å². The van der Waals surface area contributed by atoms with E-state index in [4.69, 9.17) is 4.74 Å². The van der Waals surface area contributed by atoms with Gasteiger partial charge in [-0.2, -0.15) is 0 Å². The first-order chi connectivity index (χ1) is 12.9. The Hall–Kier alpha value is -2.87. The molecule has 0 unspecified atom stereocenters. The Morgan fingerprint density at radius 3 is 2.81 bits per heavy atom. The topological polar surface area (TPSA) is 89.8 Å². The molecule has 1 aromatic carbocycles. The number of esters is 1. The monoisotopic (exact) mass is 387 g/mol. The minimum atomic E-state index is -3.42. The highest BCUT2D eigenvalue weighted by atomic mass is 32.2. The van der Waals surface area contributed by atoms with Gasteiger partial charge in [0.25, 0.3) is 0 Å². The maximum absolute atomic E-state index is 12.3. The first-order valence-electron chi connectivity index (χ1n) is 8.59. The van der Waals surface area contributed by atoms with E-state index >= 15 is 0 Å². The van der Waals surface area contributed by atoms with Gasteiger partial charge in [-0.15, -0.1) is 0 Å². The number of benzene rings is 1. The molecule has 8 heteroatoms. The molecule has 0 fully saturated rings. The zero-order valence-corrected chi connectivity index (χ0v) is 16.0. The van der Waals surface area contributed by atoms with E-state index in [1.54, 1.807) is 25.1 Å². The lowest BCUT2D eigenvalue weighted by Gasteiger charge is -2.08. The van der Waals surface area contributed by atoms with Crippen molar-refractivity contribution in [2.24, 2.45) is 0 Å².